The van der Waals surface area contributed by atoms with Gasteiger partial charge in [0.2, 0.25) is 5.91 Å². The summed E-state index contributed by atoms with van der Waals surface area (Å²) in [6.45, 7) is 2.75. The van der Waals surface area contributed by atoms with E-state index < -0.39 is 27.1 Å². The number of piperidine rings is 1. The predicted molar refractivity (Wildman–Crippen MR) is 113 cm³/mol. The lowest BCUT2D eigenvalue weighted by atomic mass is 9.96. The first-order chi connectivity index (χ1) is 14.7. The molecule has 0 unspecified atom stereocenters. The minimum atomic E-state index is -0.778. The Bertz CT molecular complexity index is 1040. The average molecular weight is 427 g/mol. The summed E-state index contributed by atoms with van der Waals surface area (Å²) in [4.78, 5) is 46.8. The van der Waals surface area contributed by atoms with E-state index in [2.05, 4.69) is 10.2 Å². The molecule has 1 heterocycles. The van der Waals surface area contributed by atoms with Gasteiger partial charge in [0.25, 0.3) is 17.3 Å². The van der Waals surface area contributed by atoms with Crippen molar-refractivity contribution in [2.45, 2.75) is 19.8 Å². The Morgan fingerprint density at radius 3 is 2.19 bits per heavy atom. The third-order valence-electron chi connectivity index (χ3n) is 5.40. The molecule has 0 bridgehead atoms. The van der Waals surface area contributed by atoms with Crippen LogP contribution in [0.1, 0.15) is 28.8 Å². The lowest BCUT2D eigenvalue weighted by molar-refractivity contribution is -0.394. The monoisotopic (exact) mass is 427 g/mol. The van der Waals surface area contributed by atoms with Gasteiger partial charge in [-0.05, 0) is 44.0 Å². The van der Waals surface area contributed by atoms with Crippen molar-refractivity contribution in [1.82, 2.24) is 0 Å². The van der Waals surface area contributed by atoms with E-state index >= 15 is 0 Å². The van der Waals surface area contributed by atoms with Crippen molar-refractivity contribution in [3.8, 4) is 0 Å². The van der Waals surface area contributed by atoms with E-state index in [-0.39, 0.29) is 23.0 Å². The highest BCUT2D eigenvalue weighted by Gasteiger charge is 2.25. The van der Waals surface area contributed by atoms with Crippen molar-refractivity contribution in [2.24, 2.45) is 11.7 Å². The fourth-order valence-corrected chi connectivity index (χ4v) is 3.59. The number of nitrogens with two attached hydrogens (primary N) is 1. The van der Waals surface area contributed by atoms with Crippen LogP contribution in [0.4, 0.5) is 22.7 Å². The zero-order chi connectivity index (χ0) is 22.7. The second kappa shape index (κ2) is 8.78. The largest absolute Gasteiger partial charge is 0.371 e. The van der Waals surface area contributed by atoms with Crippen molar-refractivity contribution in [1.29, 1.82) is 0 Å². The van der Waals surface area contributed by atoms with Gasteiger partial charge >= 0.3 is 0 Å². The zero-order valence-corrected chi connectivity index (χ0v) is 16.7. The van der Waals surface area contributed by atoms with E-state index in [0.29, 0.717) is 31.6 Å². The molecule has 11 nitrogen and oxygen atoms in total. The van der Waals surface area contributed by atoms with Gasteiger partial charge in [-0.25, -0.2) is 0 Å². The number of benzene rings is 2. The number of carbonyl (C=O) groups is 2. The van der Waals surface area contributed by atoms with Crippen LogP contribution >= 0.6 is 0 Å². The Labute approximate surface area is 177 Å². The number of anilines is 2. The molecule has 0 aromatic heterocycles. The van der Waals surface area contributed by atoms with Crippen LogP contribution in [-0.4, -0.2) is 34.8 Å². The lowest BCUT2D eigenvalue weighted by Crippen LogP contribution is -2.38. The number of nitro groups is 2. The van der Waals surface area contributed by atoms with Crippen LogP contribution < -0.4 is 16.0 Å². The second-order valence-electron chi connectivity index (χ2n) is 7.32. The van der Waals surface area contributed by atoms with E-state index in [4.69, 9.17) is 5.73 Å². The summed E-state index contributed by atoms with van der Waals surface area (Å²) in [5.41, 5.74) is 5.60. The lowest BCUT2D eigenvalue weighted by Gasteiger charge is -2.32. The van der Waals surface area contributed by atoms with E-state index in [1.54, 1.807) is 12.1 Å². The van der Waals surface area contributed by atoms with E-state index in [1.807, 2.05) is 12.1 Å². The number of rotatable bonds is 6. The molecule has 2 amide bonds. The highest BCUT2D eigenvalue weighted by molar-refractivity contribution is 6.06. The molecule has 2 aromatic carbocycles. The predicted octanol–water partition coefficient (Wildman–Crippen LogP) is 2.77. The first kappa shape index (κ1) is 21.7. The van der Waals surface area contributed by atoms with Gasteiger partial charge in [-0.1, -0.05) is 0 Å². The van der Waals surface area contributed by atoms with Crippen LogP contribution in [0.15, 0.2) is 36.4 Å². The van der Waals surface area contributed by atoms with Crippen molar-refractivity contribution < 1.29 is 19.4 Å². The Kier molecular flexibility index (Phi) is 6.14. The van der Waals surface area contributed by atoms with Gasteiger partial charge in [-0.15, -0.1) is 0 Å². The Morgan fingerprint density at radius 1 is 1.06 bits per heavy atom. The molecule has 1 aliphatic heterocycles. The Balaban J connectivity index is 1.75. The minimum Gasteiger partial charge on any atom is -0.371 e. The van der Waals surface area contributed by atoms with Crippen molar-refractivity contribution in [3.63, 3.8) is 0 Å². The van der Waals surface area contributed by atoms with Crippen LogP contribution in [0.5, 0.6) is 0 Å². The molecule has 3 rings (SSSR count). The molecule has 11 heteroatoms. The smallest absolute Gasteiger partial charge is 0.279 e. The number of nitrogens with one attached hydrogen (secondary N) is 1. The first-order valence-corrected chi connectivity index (χ1v) is 9.56. The Morgan fingerprint density at radius 2 is 1.68 bits per heavy atom. The fraction of sp³-hybridized carbons (Fsp3) is 0.300. The highest BCUT2D eigenvalue weighted by atomic mass is 16.6. The number of hydrogen-bond donors (Lipinski definition) is 2. The van der Waals surface area contributed by atoms with Gasteiger partial charge in [-0.3, -0.25) is 29.8 Å². The number of non-ortho nitro benzene ring substituents is 1. The number of primary amides is 1. The molecule has 0 saturated carbocycles. The summed E-state index contributed by atoms with van der Waals surface area (Å²) in [5, 5.41) is 24.9. The molecule has 31 heavy (non-hydrogen) atoms. The van der Waals surface area contributed by atoms with Gasteiger partial charge in [0.05, 0.1) is 21.5 Å². The van der Waals surface area contributed by atoms with Crippen molar-refractivity contribution in [3.05, 3.63) is 67.8 Å². The first-order valence-electron chi connectivity index (χ1n) is 9.56. The third kappa shape index (κ3) is 4.77. The molecule has 0 radical (unpaired) electrons. The van der Waals surface area contributed by atoms with E-state index in [1.165, 1.54) is 6.92 Å². The molecule has 2 aromatic rings. The molecule has 0 atom stereocenters. The SMILES string of the molecule is Cc1c(C(=O)Nc2ccc(N3CCC(C(N)=O)CC3)cc2)cc([N+](=O)[O-])cc1[N+](=O)[O-]. The van der Waals surface area contributed by atoms with Gasteiger partial charge in [0.1, 0.15) is 0 Å². The summed E-state index contributed by atoms with van der Waals surface area (Å²) >= 11 is 0. The topological polar surface area (TPSA) is 162 Å². The van der Waals surface area contributed by atoms with E-state index in [0.717, 1.165) is 17.8 Å². The average Bonchev–Trinajstić information content (AvgIpc) is 2.74. The molecule has 162 valence electrons. The number of nitrogens with zero attached hydrogens (tertiary/aromatic N) is 3. The Hall–Kier alpha value is -4.02. The molecule has 1 fully saturated rings. The maximum absolute atomic E-state index is 12.7. The number of hydrogen-bond acceptors (Lipinski definition) is 7. The van der Waals surface area contributed by atoms with Crippen molar-refractivity contribution in [2.75, 3.05) is 23.3 Å². The van der Waals surface area contributed by atoms with Crippen LogP contribution in [-0.2, 0) is 4.79 Å². The van der Waals surface area contributed by atoms with Gasteiger partial charge in [-0.2, -0.15) is 0 Å². The number of nitro benzene ring substituents is 2. The van der Waals surface area contributed by atoms with E-state index in [9.17, 15) is 29.8 Å². The number of amides is 2. The molecule has 1 saturated heterocycles. The van der Waals surface area contributed by atoms with Crippen LogP contribution in [0.3, 0.4) is 0 Å². The summed E-state index contributed by atoms with van der Waals surface area (Å²) in [6, 6.07) is 8.83. The normalized spacial score (nSPS) is 14.2. The molecule has 1 aliphatic rings. The molecule has 0 spiro atoms. The quantitative estimate of drug-likeness (QED) is 0.529. The summed E-state index contributed by atoms with van der Waals surface area (Å²) in [5.74, 6) is -1.08. The van der Waals surface area contributed by atoms with Crippen LogP contribution in [0.2, 0.25) is 0 Å². The van der Waals surface area contributed by atoms with Gasteiger partial charge in [0.15, 0.2) is 0 Å². The van der Waals surface area contributed by atoms with Crippen LogP contribution in [0, 0.1) is 33.1 Å². The van der Waals surface area contributed by atoms with Gasteiger partial charge < -0.3 is 16.0 Å². The summed E-state index contributed by atoms with van der Waals surface area (Å²) < 4.78 is 0. The number of carbonyl (C=O) groups excluding carboxylic acids is 2. The molecule has 3 N–H and O–H groups in total. The third-order valence-corrected chi connectivity index (χ3v) is 5.40. The summed E-state index contributed by atoms with van der Waals surface area (Å²) in [7, 11) is 0. The maximum atomic E-state index is 12.7. The maximum Gasteiger partial charge on any atom is 0.279 e. The summed E-state index contributed by atoms with van der Waals surface area (Å²) in [6.07, 6.45) is 1.36. The van der Waals surface area contributed by atoms with Gasteiger partial charge in [0, 0.05) is 42.0 Å². The standard InChI is InChI=1S/C20H21N5O6/c1-12-17(10-16(24(28)29)11-18(12)25(30)31)20(27)22-14-2-4-15(5-3-14)23-8-6-13(7-9-23)19(21)26/h2-5,10-11,13H,6-9H2,1H3,(H2,21,26)(H,22,27). The molecule has 0 aliphatic carbocycles. The molecular weight excluding hydrogens is 406 g/mol. The minimum absolute atomic E-state index is 0.0436. The zero-order valence-electron chi connectivity index (χ0n) is 16.7. The highest BCUT2D eigenvalue weighted by Crippen LogP contribution is 2.29. The molecular formula is C20H21N5O6. The van der Waals surface area contributed by atoms with Crippen LogP contribution in [0.25, 0.3) is 0 Å². The fourth-order valence-electron chi connectivity index (χ4n) is 3.59. The van der Waals surface area contributed by atoms with Crippen molar-refractivity contribution >= 4 is 34.6 Å². The second-order valence-corrected chi connectivity index (χ2v) is 7.32.